The van der Waals surface area contributed by atoms with Crippen molar-refractivity contribution in [3.8, 4) is 0 Å². The van der Waals surface area contributed by atoms with Crippen molar-refractivity contribution in [3.05, 3.63) is 54.7 Å². The maximum Gasteiger partial charge on any atom is 0.404 e. The second kappa shape index (κ2) is 5.87. The molecule has 0 spiro atoms. The molecular weight excluding hydrogens is 346 g/mol. The number of nitrogens with one attached hydrogen (secondary N) is 1. The van der Waals surface area contributed by atoms with Gasteiger partial charge in [-0.05, 0) is 20.9 Å². The molecule has 2 aromatic rings. The predicted octanol–water partition coefficient (Wildman–Crippen LogP) is 2.55. The fraction of sp³-hybridized carbons (Fsp3) is 0.182. The van der Waals surface area contributed by atoms with Gasteiger partial charge >= 0.3 is 5.82 Å². The van der Waals surface area contributed by atoms with Crippen molar-refractivity contribution in [2.45, 2.75) is 6.54 Å². The Morgan fingerprint density at radius 1 is 1.33 bits per heavy atom. The third-order valence-corrected chi connectivity index (χ3v) is 3.34. The topological polar surface area (TPSA) is 116 Å². The third-order valence-electron chi connectivity index (χ3n) is 2.78. The van der Waals surface area contributed by atoms with Crippen molar-refractivity contribution < 1.29 is 9.85 Å². The molecule has 1 heterocycles. The molecule has 110 valence electrons. The summed E-state index contributed by atoms with van der Waals surface area (Å²) < 4.78 is 1.60. The molecule has 0 aliphatic heterocycles. The van der Waals surface area contributed by atoms with Crippen LogP contribution in [0, 0.1) is 20.2 Å². The van der Waals surface area contributed by atoms with Gasteiger partial charge in [0.2, 0.25) is 0 Å². The molecule has 1 aromatic heterocycles. The molecule has 10 heteroatoms. The molecule has 0 amide bonds. The van der Waals surface area contributed by atoms with Crippen molar-refractivity contribution in [3.63, 3.8) is 0 Å². The minimum absolute atomic E-state index is 0.0595. The molecule has 0 radical (unpaired) electrons. The molecule has 0 atom stereocenters. The Morgan fingerprint density at radius 2 is 2.05 bits per heavy atom. The van der Waals surface area contributed by atoms with Gasteiger partial charge in [-0.15, -0.1) is 0 Å². The molecule has 9 nitrogen and oxygen atoms in total. The zero-order valence-corrected chi connectivity index (χ0v) is 12.4. The third kappa shape index (κ3) is 2.99. The first-order valence-corrected chi connectivity index (χ1v) is 6.54. The SMILES string of the molecule is CNc1c(Cn2cc(Br)c([N+](=O)[O-])n2)cccc1[N+](=O)[O-]. The second-order valence-corrected chi connectivity index (χ2v) is 4.93. The smallest absolute Gasteiger partial charge is 0.382 e. The van der Waals surface area contributed by atoms with Crippen LogP contribution >= 0.6 is 15.9 Å². The van der Waals surface area contributed by atoms with Crippen LogP contribution < -0.4 is 5.32 Å². The van der Waals surface area contributed by atoms with Crippen LogP contribution in [-0.2, 0) is 6.54 Å². The van der Waals surface area contributed by atoms with Crippen molar-refractivity contribution in [1.82, 2.24) is 9.78 Å². The highest BCUT2D eigenvalue weighted by molar-refractivity contribution is 9.10. The van der Waals surface area contributed by atoms with Crippen molar-refractivity contribution in [2.75, 3.05) is 12.4 Å². The number of halogens is 1. The number of rotatable bonds is 5. The molecule has 0 unspecified atom stereocenters. The summed E-state index contributed by atoms with van der Waals surface area (Å²) in [5, 5.41) is 28.3. The highest BCUT2D eigenvalue weighted by atomic mass is 79.9. The highest BCUT2D eigenvalue weighted by Gasteiger charge is 2.21. The Morgan fingerprint density at radius 3 is 2.57 bits per heavy atom. The summed E-state index contributed by atoms with van der Waals surface area (Å²) >= 11 is 3.06. The number of benzene rings is 1. The first-order valence-electron chi connectivity index (χ1n) is 5.75. The van der Waals surface area contributed by atoms with Crippen LogP contribution in [0.3, 0.4) is 0 Å². The summed E-state index contributed by atoms with van der Waals surface area (Å²) in [5.74, 6) is -0.300. The van der Waals surface area contributed by atoms with Crippen LogP contribution in [-0.4, -0.2) is 26.7 Å². The van der Waals surface area contributed by atoms with Gasteiger partial charge in [-0.25, -0.2) is 0 Å². The molecule has 0 aliphatic carbocycles. The first-order chi connectivity index (χ1) is 9.93. The van der Waals surface area contributed by atoms with Crippen LogP contribution in [0.25, 0.3) is 0 Å². The Balaban J connectivity index is 2.40. The minimum Gasteiger partial charge on any atom is -0.382 e. The fourth-order valence-corrected chi connectivity index (χ4v) is 2.39. The zero-order valence-electron chi connectivity index (χ0n) is 10.8. The quantitative estimate of drug-likeness (QED) is 0.650. The average Bonchev–Trinajstić information content (AvgIpc) is 2.79. The van der Waals surface area contributed by atoms with Gasteiger partial charge in [0.1, 0.15) is 10.2 Å². The zero-order chi connectivity index (χ0) is 15.6. The molecule has 0 saturated carbocycles. The molecule has 0 saturated heterocycles. The van der Waals surface area contributed by atoms with Gasteiger partial charge < -0.3 is 15.4 Å². The van der Waals surface area contributed by atoms with Gasteiger partial charge in [0, 0.05) is 18.7 Å². The lowest BCUT2D eigenvalue weighted by molar-refractivity contribution is -0.390. The number of anilines is 1. The predicted molar refractivity (Wildman–Crippen MR) is 78.3 cm³/mol. The molecule has 1 N–H and O–H groups in total. The van der Waals surface area contributed by atoms with E-state index in [0.717, 1.165) is 0 Å². The number of nitro groups is 2. The summed E-state index contributed by atoms with van der Waals surface area (Å²) in [6.45, 7) is 0.171. The Hall–Kier alpha value is -2.49. The van der Waals surface area contributed by atoms with E-state index in [2.05, 4.69) is 26.3 Å². The van der Waals surface area contributed by atoms with Crippen LogP contribution in [0.15, 0.2) is 28.9 Å². The van der Waals surface area contributed by atoms with Gasteiger partial charge in [-0.2, -0.15) is 4.68 Å². The van der Waals surface area contributed by atoms with Crippen molar-refractivity contribution >= 4 is 33.1 Å². The van der Waals surface area contributed by atoms with E-state index in [1.54, 1.807) is 19.2 Å². The lowest BCUT2D eigenvalue weighted by atomic mass is 10.1. The van der Waals surface area contributed by atoms with E-state index in [9.17, 15) is 20.2 Å². The molecule has 1 aromatic carbocycles. The van der Waals surface area contributed by atoms with Gasteiger partial charge in [0.25, 0.3) is 5.69 Å². The van der Waals surface area contributed by atoms with Crippen LogP contribution in [0.1, 0.15) is 5.56 Å². The van der Waals surface area contributed by atoms with E-state index in [0.29, 0.717) is 11.3 Å². The largest absolute Gasteiger partial charge is 0.404 e. The summed E-state index contributed by atoms with van der Waals surface area (Å²) in [5.41, 5.74) is 0.907. The number of aromatic nitrogens is 2. The summed E-state index contributed by atoms with van der Waals surface area (Å²) in [6, 6.07) is 4.64. The Labute approximate surface area is 127 Å². The van der Waals surface area contributed by atoms with Crippen LogP contribution in [0.4, 0.5) is 17.2 Å². The van der Waals surface area contributed by atoms with E-state index in [-0.39, 0.29) is 22.5 Å². The fourth-order valence-electron chi connectivity index (χ4n) is 1.93. The van der Waals surface area contributed by atoms with Crippen molar-refractivity contribution in [2.24, 2.45) is 0 Å². The standard InChI is InChI=1S/C11H10BrN5O4/c1-13-10-7(3-2-4-9(10)16(18)19)5-15-6-8(12)11(14-15)17(20)21/h2-4,6,13H,5H2,1H3. The summed E-state index contributed by atoms with van der Waals surface area (Å²) in [7, 11) is 1.58. The Kier molecular flexibility index (Phi) is 4.17. The van der Waals surface area contributed by atoms with E-state index < -0.39 is 9.85 Å². The van der Waals surface area contributed by atoms with Crippen LogP contribution in [0.2, 0.25) is 0 Å². The van der Waals surface area contributed by atoms with E-state index >= 15 is 0 Å². The number of hydrogen-bond acceptors (Lipinski definition) is 6. The van der Waals surface area contributed by atoms with Crippen molar-refractivity contribution in [1.29, 1.82) is 0 Å². The lowest BCUT2D eigenvalue weighted by Crippen LogP contribution is -2.06. The maximum absolute atomic E-state index is 11.0. The van der Waals surface area contributed by atoms with Crippen LogP contribution in [0.5, 0.6) is 0 Å². The van der Waals surface area contributed by atoms with E-state index in [1.165, 1.54) is 16.9 Å². The normalized spacial score (nSPS) is 10.4. The van der Waals surface area contributed by atoms with Gasteiger partial charge in [-0.3, -0.25) is 10.1 Å². The van der Waals surface area contributed by atoms with Gasteiger partial charge in [-0.1, -0.05) is 12.1 Å². The lowest BCUT2D eigenvalue weighted by Gasteiger charge is -2.08. The summed E-state index contributed by atoms with van der Waals surface area (Å²) in [6.07, 6.45) is 1.45. The highest BCUT2D eigenvalue weighted by Crippen LogP contribution is 2.29. The number of nitro benzene ring substituents is 1. The molecule has 2 rings (SSSR count). The van der Waals surface area contributed by atoms with E-state index in [1.807, 2.05) is 0 Å². The molecular formula is C11H10BrN5O4. The maximum atomic E-state index is 11.0. The minimum atomic E-state index is -0.604. The van der Waals surface area contributed by atoms with E-state index in [4.69, 9.17) is 0 Å². The molecule has 0 fully saturated rings. The average molecular weight is 356 g/mol. The van der Waals surface area contributed by atoms with Gasteiger partial charge in [0.15, 0.2) is 0 Å². The molecule has 21 heavy (non-hydrogen) atoms. The number of hydrogen-bond donors (Lipinski definition) is 1. The molecule has 0 bridgehead atoms. The Bertz CT molecular complexity index is 715. The first kappa shape index (κ1) is 14.9. The molecule has 0 aliphatic rings. The van der Waals surface area contributed by atoms with Gasteiger partial charge in [0.05, 0.1) is 22.8 Å². The summed E-state index contributed by atoms with van der Waals surface area (Å²) in [4.78, 5) is 20.6. The second-order valence-electron chi connectivity index (χ2n) is 4.07. The number of nitrogens with zero attached hydrogens (tertiary/aromatic N) is 4. The number of para-hydroxylation sites is 1. The monoisotopic (exact) mass is 355 g/mol.